The fraction of sp³-hybridized carbons (Fsp3) is 0.280. The van der Waals surface area contributed by atoms with E-state index in [1.807, 2.05) is 31.2 Å². The zero-order valence-corrected chi connectivity index (χ0v) is 19.4. The van der Waals surface area contributed by atoms with Crippen LogP contribution in [0.1, 0.15) is 26.8 Å². The molecule has 1 atom stereocenters. The first-order valence-electron chi connectivity index (χ1n) is 11.0. The van der Waals surface area contributed by atoms with Crippen LogP contribution in [-0.4, -0.2) is 41.4 Å². The summed E-state index contributed by atoms with van der Waals surface area (Å²) in [5.74, 6) is 0.862. The molecule has 178 valence electrons. The quantitative estimate of drug-likeness (QED) is 0.446. The molecule has 2 N–H and O–H groups in total. The van der Waals surface area contributed by atoms with Gasteiger partial charge in [0.1, 0.15) is 24.1 Å². The number of ether oxygens (including phenoxy) is 2. The average Bonchev–Trinajstić information content (AvgIpc) is 2.83. The molecule has 0 saturated carbocycles. The molecule has 2 amide bonds. The van der Waals surface area contributed by atoms with Gasteiger partial charge in [0.2, 0.25) is 11.8 Å². The van der Waals surface area contributed by atoms with Gasteiger partial charge in [-0.15, -0.1) is 0 Å². The second-order valence-electron chi connectivity index (χ2n) is 7.48. The summed E-state index contributed by atoms with van der Waals surface area (Å²) in [6, 6.07) is 16.4. The maximum absolute atomic E-state index is 12.8. The van der Waals surface area contributed by atoms with Crippen molar-refractivity contribution in [3.63, 3.8) is 0 Å². The van der Waals surface area contributed by atoms with Gasteiger partial charge in [0.15, 0.2) is 0 Å². The number of hydrogen-bond acceptors (Lipinski definition) is 6. The molecule has 0 aliphatic heterocycles. The number of carbonyl (C=O) groups is 2. The highest BCUT2D eigenvalue weighted by Crippen LogP contribution is 2.21. The summed E-state index contributed by atoms with van der Waals surface area (Å²) in [4.78, 5) is 36.1. The third kappa shape index (κ3) is 6.68. The van der Waals surface area contributed by atoms with E-state index >= 15 is 0 Å². The minimum atomic E-state index is -0.830. The molecule has 3 rings (SSSR count). The van der Waals surface area contributed by atoms with Crippen LogP contribution in [0.4, 0.5) is 5.69 Å². The molecule has 34 heavy (non-hydrogen) atoms. The first-order chi connectivity index (χ1) is 16.4. The van der Waals surface area contributed by atoms with Crippen LogP contribution in [0.3, 0.4) is 0 Å². The number of rotatable bonds is 10. The smallest absolute Gasteiger partial charge is 0.267 e. The largest absolute Gasteiger partial charge is 0.494 e. The Morgan fingerprint density at radius 2 is 1.62 bits per heavy atom. The lowest BCUT2D eigenvalue weighted by atomic mass is 10.1. The van der Waals surface area contributed by atoms with E-state index in [1.54, 1.807) is 37.3 Å². The molecule has 3 aromatic rings. The van der Waals surface area contributed by atoms with E-state index in [1.165, 1.54) is 17.7 Å². The van der Waals surface area contributed by atoms with Crippen LogP contribution in [0.2, 0.25) is 0 Å². The first kappa shape index (κ1) is 24.5. The second kappa shape index (κ2) is 11.6. The lowest BCUT2D eigenvalue weighted by Crippen LogP contribution is -2.33. The molecule has 0 aliphatic carbocycles. The zero-order chi connectivity index (χ0) is 24.5. The van der Waals surface area contributed by atoms with E-state index in [0.29, 0.717) is 36.9 Å². The Bertz CT molecular complexity index is 1170. The van der Waals surface area contributed by atoms with Crippen molar-refractivity contribution in [2.45, 2.75) is 26.8 Å². The SMILES string of the molecule is CCOc1ccc(-c2ccc(=O)n(C(C)C(=O)Nc3ccc(OCCNC(C)=O)cc3)n2)cc1. The number of nitrogens with one attached hydrogen (secondary N) is 2. The number of carbonyl (C=O) groups excluding carboxylic acids is 2. The van der Waals surface area contributed by atoms with Crippen molar-refractivity contribution in [1.29, 1.82) is 0 Å². The second-order valence-corrected chi connectivity index (χ2v) is 7.48. The molecule has 9 heteroatoms. The summed E-state index contributed by atoms with van der Waals surface area (Å²) < 4.78 is 12.2. The molecule has 2 aromatic carbocycles. The molecule has 1 heterocycles. The Morgan fingerprint density at radius 3 is 2.26 bits per heavy atom. The maximum atomic E-state index is 12.8. The Morgan fingerprint density at radius 1 is 0.971 bits per heavy atom. The lowest BCUT2D eigenvalue weighted by molar-refractivity contribution is -0.119. The number of nitrogens with zero attached hydrogens (tertiary/aromatic N) is 2. The molecular weight excluding hydrogens is 436 g/mol. The summed E-state index contributed by atoms with van der Waals surface area (Å²) >= 11 is 0. The van der Waals surface area contributed by atoms with Crippen LogP contribution in [0, 0.1) is 0 Å². The maximum Gasteiger partial charge on any atom is 0.267 e. The van der Waals surface area contributed by atoms with Crippen molar-refractivity contribution < 1.29 is 19.1 Å². The van der Waals surface area contributed by atoms with Crippen LogP contribution in [0.5, 0.6) is 11.5 Å². The number of benzene rings is 2. The Kier molecular flexibility index (Phi) is 8.39. The van der Waals surface area contributed by atoms with Gasteiger partial charge in [0.25, 0.3) is 5.56 Å². The third-order valence-electron chi connectivity index (χ3n) is 4.90. The zero-order valence-electron chi connectivity index (χ0n) is 19.4. The van der Waals surface area contributed by atoms with Crippen LogP contribution in [0.25, 0.3) is 11.3 Å². The fourth-order valence-corrected chi connectivity index (χ4v) is 3.13. The third-order valence-corrected chi connectivity index (χ3v) is 4.90. The van der Waals surface area contributed by atoms with Crippen molar-refractivity contribution in [2.75, 3.05) is 25.1 Å². The number of hydrogen-bond donors (Lipinski definition) is 2. The molecular formula is C25H28N4O5. The Hall–Kier alpha value is -4.14. The van der Waals surface area contributed by atoms with Gasteiger partial charge in [-0.1, -0.05) is 0 Å². The lowest BCUT2D eigenvalue weighted by Gasteiger charge is -2.15. The molecule has 0 spiro atoms. The van der Waals surface area contributed by atoms with Crippen LogP contribution in [-0.2, 0) is 9.59 Å². The fourth-order valence-electron chi connectivity index (χ4n) is 3.13. The molecule has 0 fully saturated rings. The van der Waals surface area contributed by atoms with Crippen molar-refractivity contribution in [2.24, 2.45) is 0 Å². The van der Waals surface area contributed by atoms with Crippen LogP contribution < -0.4 is 25.7 Å². The predicted molar refractivity (Wildman–Crippen MR) is 129 cm³/mol. The highest BCUT2D eigenvalue weighted by Gasteiger charge is 2.18. The molecule has 0 saturated heterocycles. The molecule has 1 unspecified atom stereocenters. The van der Waals surface area contributed by atoms with Gasteiger partial charge in [-0.2, -0.15) is 5.10 Å². The standard InChI is InChI=1S/C25H28N4O5/c1-4-33-21-9-5-19(6-10-21)23-13-14-24(31)29(28-23)17(2)25(32)27-20-7-11-22(12-8-20)34-16-15-26-18(3)30/h5-14,17H,4,15-16H2,1-3H3,(H,26,30)(H,27,32). The van der Waals surface area contributed by atoms with Crippen LogP contribution >= 0.6 is 0 Å². The molecule has 0 radical (unpaired) electrons. The minimum absolute atomic E-state index is 0.116. The number of amides is 2. The highest BCUT2D eigenvalue weighted by atomic mass is 16.5. The van der Waals surface area contributed by atoms with Gasteiger partial charge in [0, 0.05) is 24.2 Å². The van der Waals surface area contributed by atoms with E-state index < -0.39 is 6.04 Å². The first-order valence-corrected chi connectivity index (χ1v) is 11.0. The highest BCUT2D eigenvalue weighted by molar-refractivity contribution is 5.93. The van der Waals surface area contributed by atoms with Crippen molar-refractivity contribution >= 4 is 17.5 Å². The Labute approximate surface area is 197 Å². The van der Waals surface area contributed by atoms with E-state index in [4.69, 9.17) is 9.47 Å². The predicted octanol–water partition coefficient (Wildman–Crippen LogP) is 3.02. The number of anilines is 1. The normalized spacial score (nSPS) is 11.4. The van der Waals surface area contributed by atoms with Gasteiger partial charge >= 0.3 is 0 Å². The van der Waals surface area contributed by atoms with Gasteiger partial charge in [0.05, 0.1) is 18.8 Å². The summed E-state index contributed by atoms with van der Waals surface area (Å²) in [6.45, 7) is 6.29. The van der Waals surface area contributed by atoms with Crippen molar-refractivity contribution in [1.82, 2.24) is 15.1 Å². The monoisotopic (exact) mass is 464 g/mol. The Balaban J connectivity index is 1.65. The minimum Gasteiger partial charge on any atom is -0.494 e. The topological polar surface area (TPSA) is 112 Å². The van der Waals surface area contributed by atoms with Crippen molar-refractivity contribution in [3.05, 3.63) is 71.0 Å². The van der Waals surface area contributed by atoms with Gasteiger partial charge < -0.3 is 20.1 Å². The van der Waals surface area contributed by atoms with Gasteiger partial charge in [-0.05, 0) is 68.4 Å². The van der Waals surface area contributed by atoms with E-state index in [9.17, 15) is 14.4 Å². The molecule has 0 bridgehead atoms. The van der Waals surface area contributed by atoms with Gasteiger partial charge in [-0.25, -0.2) is 4.68 Å². The van der Waals surface area contributed by atoms with Gasteiger partial charge in [-0.3, -0.25) is 14.4 Å². The summed E-state index contributed by atoms with van der Waals surface area (Å²) in [7, 11) is 0. The number of aromatic nitrogens is 2. The molecule has 9 nitrogen and oxygen atoms in total. The van der Waals surface area contributed by atoms with Crippen molar-refractivity contribution in [3.8, 4) is 22.8 Å². The van der Waals surface area contributed by atoms with E-state index in [0.717, 1.165) is 11.3 Å². The van der Waals surface area contributed by atoms with E-state index in [-0.39, 0.29) is 17.4 Å². The molecule has 1 aromatic heterocycles. The summed E-state index contributed by atoms with van der Waals surface area (Å²) in [5, 5.41) is 9.84. The summed E-state index contributed by atoms with van der Waals surface area (Å²) in [6.07, 6.45) is 0. The summed E-state index contributed by atoms with van der Waals surface area (Å²) in [5.41, 5.74) is 1.56. The van der Waals surface area contributed by atoms with Crippen LogP contribution in [0.15, 0.2) is 65.5 Å². The average molecular weight is 465 g/mol. The molecule has 0 aliphatic rings. The van der Waals surface area contributed by atoms with E-state index in [2.05, 4.69) is 15.7 Å².